The lowest BCUT2D eigenvalue weighted by molar-refractivity contribution is -0.662. The fraction of sp³-hybridized carbons (Fsp3) is 0.188. The fourth-order valence-electron chi connectivity index (χ4n) is 3.41. The molecule has 2 N–H and O–H groups in total. The molecule has 2 aliphatic rings. The van der Waals surface area contributed by atoms with Gasteiger partial charge in [0.25, 0.3) is 0 Å². The number of aromatic nitrogens is 1. The van der Waals surface area contributed by atoms with Gasteiger partial charge in [-0.15, -0.1) is 0 Å². The molecule has 5 rings (SSSR count). The molecule has 6 heteroatoms. The summed E-state index contributed by atoms with van der Waals surface area (Å²) in [5.41, 5.74) is 2.04. The number of ether oxygens (including phenoxy) is 2. The van der Waals surface area contributed by atoms with E-state index in [1.54, 1.807) is 6.07 Å². The van der Waals surface area contributed by atoms with Crippen molar-refractivity contribution in [2.45, 2.75) is 13.0 Å². The minimum absolute atomic E-state index is 0. The molecule has 0 unspecified atom stereocenters. The molecule has 22 heavy (non-hydrogen) atoms. The zero-order valence-electron chi connectivity index (χ0n) is 11.5. The number of aromatic hydroxyl groups is 2. The zero-order valence-corrected chi connectivity index (χ0v) is 12.2. The molecule has 0 saturated heterocycles. The van der Waals surface area contributed by atoms with Gasteiger partial charge in [-0.3, -0.25) is 0 Å². The Morgan fingerprint density at radius 2 is 1.82 bits per heavy atom. The molecule has 3 aromatic rings. The average molecular weight is 318 g/mol. The van der Waals surface area contributed by atoms with Gasteiger partial charge in [-0.25, -0.2) is 0 Å². The van der Waals surface area contributed by atoms with Crippen molar-refractivity contribution in [1.82, 2.24) is 0 Å². The van der Waals surface area contributed by atoms with Gasteiger partial charge in [-0.2, -0.15) is 4.57 Å². The second-order valence-corrected chi connectivity index (χ2v) is 5.49. The molecule has 5 nitrogen and oxygen atoms in total. The van der Waals surface area contributed by atoms with Crippen molar-refractivity contribution in [2.75, 3.05) is 6.79 Å². The highest BCUT2D eigenvalue weighted by atomic mass is 35.5. The Bertz CT molecular complexity index is 954. The number of phenols is 2. The minimum atomic E-state index is -0.0751. The van der Waals surface area contributed by atoms with Crippen LogP contribution in [0.3, 0.4) is 0 Å². The van der Waals surface area contributed by atoms with E-state index in [1.165, 1.54) is 0 Å². The van der Waals surface area contributed by atoms with E-state index < -0.39 is 0 Å². The quantitative estimate of drug-likeness (QED) is 0.316. The van der Waals surface area contributed by atoms with Gasteiger partial charge in [-0.05, 0) is 18.2 Å². The van der Waals surface area contributed by atoms with Crippen molar-refractivity contribution in [3.05, 3.63) is 30.0 Å². The van der Waals surface area contributed by atoms with Crippen LogP contribution in [-0.2, 0) is 13.0 Å². The SMILES string of the molecule is Oc1cc2c3c(c1O)c1cc4c(cc1c[n+]3CC2)OCO4.[Cl-]. The Balaban J connectivity index is 0.00000125. The Kier molecular flexibility index (Phi) is 2.60. The summed E-state index contributed by atoms with van der Waals surface area (Å²) in [6, 6.07) is 5.45. The van der Waals surface area contributed by atoms with Gasteiger partial charge in [0.2, 0.25) is 12.3 Å². The van der Waals surface area contributed by atoms with E-state index in [2.05, 4.69) is 10.8 Å². The number of hydrogen-bond acceptors (Lipinski definition) is 4. The monoisotopic (exact) mass is 317 g/mol. The maximum Gasteiger partial charge on any atom is 0.231 e. The lowest BCUT2D eigenvalue weighted by Gasteiger charge is -2.07. The van der Waals surface area contributed by atoms with Crippen LogP contribution in [0.5, 0.6) is 23.0 Å². The van der Waals surface area contributed by atoms with Crippen LogP contribution in [0.4, 0.5) is 0 Å². The van der Waals surface area contributed by atoms with Gasteiger partial charge in [0, 0.05) is 17.4 Å². The maximum atomic E-state index is 10.3. The first-order chi connectivity index (χ1) is 10.2. The average Bonchev–Trinajstić information content (AvgIpc) is 3.08. The zero-order chi connectivity index (χ0) is 14.1. The molecule has 0 spiro atoms. The smallest absolute Gasteiger partial charge is 0.231 e. The molecule has 0 bridgehead atoms. The fourth-order valence-corrected chi connectivity index (χ4v) is 3.41. The van der Waals surface area contributed by atoms with E-state index in [0.717, 1.165) is 34.8 Å². The predicted octanol–water partition coefficient (Wildman–Crippen LogP) is -1.02. The van der Waals surface area contributed by atoms with Crippen LogP contribution in [0.1, 0.15) is 5.56 Å². The normalized spacial score (nSPS) is 14.5. The van der Waals surface area contributed by atoms with Crippen molar-refractivity contribution in [1.29, 1.82) is 0 Å². The summed E-state index contributed by atoms with van der Waals surface area (Å²) in [5, 5.41) is 22.8. The summed E-state index contributed by atoms with van der Waals surface area (Å²) in [4.78, 5) is 0. The van der Waals surface area contributed by atoms with Crippen LogP contribution in [0.25, 0.3) is 21.7 Å². The Hall–Kier alpha value is -2.40. The third-order valence-corrected chi connectivity index (χ3v) is 4.35. The van der Waals surface area contributed by atoms with Crippen LogP contribution in [0, 0.1) is 0 Å². The minimum Gasteiger partial charge on any atom is -1.00 e. The van der Waals surface area contributed by atoms with Crippen molar-refractivity contribution >= 4 is 21.7 Å². The van der Waals surface area contributed by atoms with E-state index in [1.807, 2.05) is 12.1 Å². The van der Waals surface area contributed by atoms with Crippen LogP contribution in [0.2, 0.25) is 0 Å². The molecule has 0 amide bonds. The Morgan fingerprint density at radius 1 is 1.05 bits per heavy atom. The third kappa shape index (κ3) is 1.51. The highest BCUT2D eigenvalue weighted by Gasteiger charge is 2.29. The largest absolute Gasteiger partial charge is 1.00 e. The number of halogens is 1. The van der Waals surface area contributed by atoms with E-state index in [9.17, 15) is 10.2 Å². The van der Waals surface area contributed by atoms with Crippen LogP contribution < -0.4 is 26.4 Å². The molecule has 2 aliphatic heterocycles. The van der Waals surface area contributed by atoms with E-state index in [-0.39, 0.29) is 30.7 Å². The molecule has 0 radical (unpaired) electrons. The first-order valence-corrected chi connectivity index (χ1v) is 6.86. The molecular weight excluding hydrogens is 306 g/mol. The Labute approximate surface area is 131 Å². The summed E-state index contributed by atoms with van der Waals surface area (Å²) in [5.74, 6) is 1.24. The second kappa shape index (κ2) is 4.30. The lowest BCUT2D eigenvalue weighted by atomic mass is 10.0. The van der Waals surface area contributed by atoms with E-state index in [4.69, 9.17) is 9.47 Å². The molecule has 0 saturated carbocycles. The number of fused-ring (bicyclic) bond motifs is 3. The van der Waals surface area contributed by atoms with Crippen molar-refractivity contribution in [3.8, 4) is 23.0 Å². The second-order valence-electron chi connectivity index (χ2n) is 5.49. The summed E-state index contributed by atoms with van der Waals surface area (Å²) in [6.07, 6.45) is 2.92. The topological polar surface area (TPSA) is 62.8 Å². The lowest BCUT2D eigenvalue weighted by Crippen LogP contribution is -3.00. The van der Waals surface area contributed by atoms with E-state index >= 15 is 0 Å². The number of nitrogens with zero attached hydrogens (tertiary/aromatic N) is 1. The number of pyridine rings is 1. The first kappa shape index (κ1) is 13.3. The molecular formula is C16H12ClNO4. The van der Waals surface area contributed by atoms with Gasteiger partial charge in [0.05, 0.1) is 5.39 Å². The highest BCUT2D eigenvalue weighted by Crippen LogP contribution is 2.44. The van der Waals surface area contributed by atoms with Crippen molar-refractivity contribution in [3.63, 3.8) is 0 Å². The summed E-state index contributed by atoms with van der Waals surface area (Å²) < 4.78 is 13.0. The number of hydrogen-bond donors (Lipinski definition) is 2. The third-order valence-electron chi connectivity index (χ3n) is 4.35. The van der Waals surface area contributed by atoms with Gasteiger partial charge in [0.15, 0.2) is 35.7 Å². The number of phenolic OH excluding ortho intramolecular Hbond substituents is 2. The summed E-state index contributed by atoms with van der Waals surface area (Å²) in [6.45, 7) is 1.06. The molecule has 3 heterocycles. The molecule has 0 fully saturated rings. The maximum absolute atomic E-state index is 10.3. The first-order valence-electron chi connectivity index (χ1n) is 6.86. The van der Waals surface area contributed by atoms with Crippen LogP contribution in [0.15, 0.2) is 24.4 Å². The molecule has 112 valence electrons. The number of rotatable bonds is 0. The van der Waals surface area contributed by atoms with Gasteiger partial charge in [-0.1, -0.05) is 0 Å². The number of benzene rings is 2. The summed E-state index contributed by atoms with van der Waals surface area (Å²) in [7, 11) is 0. The Morgan fingerprint density at radius 3 is 2.64 bits per heavy atom. The van der Waals surface area contributed by atoms with Crippen molar-refractivity contribution in [2.24, 2.45) is 0 Å². The standard InChI is InChI=1S/C16H11NO4.ClH/c18-11-3-8-1-2-17-6-9-4-12-13(21-7-20-12)5-10(9)14(15(8)17)16(11)19;/h3-6,18H,1-2,7H2;1H. The highest BCUT2D eigenvalue weighted by molar-refractivity contribution is 6.10. The van der Waals surface area contributed by atoms with Crippen LogP contribution in [-0.4, -0.2) is 17.0 Å². The molecule has 2 aromatic carbocycles. The van der Waals surface area contributed by atoms with Gasteiger partial charge < -0.3 is 32.1 Å². The molecule has 0 aliphatic carbocycles. The van der Waals surface area contributed by atoms with Gasteiger partial charge in [0.1, 0.15) is 5.39 Å². The number of aryl methyl sites for hydroxylation is 2. The molecule has 0 atom stereocenters. The van der Waals surface area contributed by atoms with Gasteiger partial charge >= 0.3 is 0 Å². The van der Waals surface area contributed by atoms with Crippen molar-refractivity contribution < 1.29 is 36.7 Å². The predicted molar refractivity (Wildman–Crippen MR) is 74.8 cm³/mol. The summed E-state index contributed by atoms with van der Waals surface area (Å²) >= 11 is 0. The van der Waals surface area contributed by atoms with E-state index in [0.29, 0.717) is 16.9 Å². The van der Waals surface area contributed by atoms with Crippen LogP contribution >= 0.6 is 0 Å². The molecule has 1 aromatic heterocycles.